The van der Waals surface area contributed by atoms with Crippen molar-refractivity contribution in [3.05, 3.63) is 40.6 Å². The van der Waals surface area contributed by atoms with E-state index in [2.05, 4.69) is 11.4 Å². The molecule has 0 spiro atoms. The zero-order chi connectivity index (χ0) is 21.1. The summed E-state index contributed by atoms with van der Waals surface area (Å²) in [5.41, 5.74) is -4.22. The van der Waals surface area contributed by atoms with E-state index in [-0.39, 0.29) is 11.3 Å². The second-order valence-corrected chi connectivity index (χ2v) is 7.45. The van der Waals surface area contributed by atoms with E-state index >= 15 is 0 Å². The number of methoxy groups -OCH3 is 2. The summed E-state index contributed by atoms with van der Waals surface area (Å²) in [6.45, 7) is 4.57. The summed E-state index contributed by atoms with van der Waals surface area (Å²) in [5.74, 6) is -1.69. The maximum absolute atomic E-state index is 13.2. The normalized spacial score (nSPS) is 33.2. The van der Waals surface area contributed by atoms with Gasteiger partial charge in [0.25, 0.3) is 0 Å². The average Bonchev–Trinajstić information content (AvgIpc) is 2.86. The summed E-state index contributed by atoms with van der Waals surface area (Å²) in [4.78, 5) is 25.5. The fraction of sp³-hybridized carbons (Fsp3) is 0.450. The molecule has 1 aliphatic heterocycles. The Kier molecular flexibility index (Phi) is 4.20. The number of aliphatic hydroxyl groups excluding tert-OH is 1. The number of benzene rings is 1. The third-order valence-electron chi connectivity index (χ3n) is 6.34. The summed E-state index contributed by atoms with van der Waals surface area (Å²) in [5, 5.41) is 34.3. The van der Waals surface area contributed by atoms with Crippen LogP contribution in [0, 0.1) is 16.7 Å². The van der Waals surface area contributed by atoms with Crippen LogP contribution in [-0.2, 0) is 19.7 Å². The highest BCUT2D eigenvalue weighted by Gasteiger charge is 2.77. The van der Waals surface area contributed by atoms with Gasteiger partial charge in [0, 0.05) is 11.1 Å². The smallest absolute Gasteiger partial charge is 0.334 e. The molecule has 3 rings (SSSR count). The van der Waals surface area contributed by atoms with Gasteiger partial charge in [0.05, 0.1) is 25.9 Å². The lowest BCUT2D eigenvalue weighted by Gasteiger charge is -2.55. The minimum Gasteiger partial charge on any atom is -0.497 e. The zero-order valence-electron chi connectivity index (χ0n) is 16.3. The number of carboxylic acids is 1. The molecule has 2 aliphatic rings. The molecule has 0 aromatic heterocycles. The number of esters is 1. The predicted octanol–water partition coefficient (Wildman–Crippen LogP) is 1.40. The number of fused-ring (bicyclic) bond motifs is 3. The molecule has 0 bridgehead atoms. The molecular formula is C20H22N2O6. The van der Waals surface area contributed by atoms with Crippen molar-refractivity contribution in [3.63, 3.8) is 0 Å². The fourth-order valence-corrected chi connectivity index (χ4v) is 5.26. The predicted molar refractivity (Wildman–Crippen MR) is 97.2 cm³/mol. The third-order valence-corrected chi connectivity index (χ3v) is 6.34. The number of carboxylic acid groups (broad SMARTS) is 1. The Hall–Kier alpha value is -3.05. The van der Waals surface area contributed by atoms with Crippen molar-refractivity contribution >= 4 is 11.9 Å². The topological polar surface area (TPSA) is 129 Å². The Morgan fingerprint density at radius 3 is 2.43 bits per heavy atom. The lowest BCUT2D eigenvalue weighted by atomic mass is 9.50. The van der Waals surface area contributed by atoms with Crippen molar-refractivity contribution in [3.8, 4) is 11.8 Å². The molecule has 8 heteroatoms. The molecule has 0 radical (unpaired) electrons. The van der Waals surface area contributed by atoms with Crippen molar-refractivity contribution in [2.75, 3.05) is 14.2 Å². The van der Waals surface area contributed by atoms with E-state index in [1.54, 1.807) is 32.0 Å². The molecule has 1 aromatic carbocycles. The van der Waals surface area contributed by atoms with E-state index < -0.39 is 34.4 Å². The van der Waals surface area contributed by atoms with Crippen molar-refractivity contribution in [2.45, 2.75) is 37.8 Å². The third kappa shape index (κ3) is 1.92. The van der Waals surface area contributed by atoms with E-state index in [4.69, 9.17) is 9.47 Å². The van der Waals surface area contributed by atoms with Gasteiger partial charge >= 0.3 is 11.9 Å². The minimum atomic E-state index is -1.94. The first-order chi connectivity index (χ1) is 13.1. The Labute approximate surface area is 162 Å². The van der Waals surface area contributed by atoms with Gasteiger partial charge in [0.2, 0.25) is 0 Å². The lowest BCUT2D eigenvalue weighted by Crippen LogP contribution is -2.71. The summed E-state index contributed by atoms with van der Waals surface area (Å²) >= 11 is 0. The van der Waals surface area contributed by atoms with Crippen molar-refractivity contribution < 1.29 is 29.3 Å². The van der Waals surface area contributed by atoms with Crippen LogP contribution < -0.4 is 10.1 Å². The van der Waals surface area contributed by atoms with Gasteiger partial charge in [0.15, 0.2) is 0 Å². The Balaban J connectivity index is 2.55. The zero-order valence-corrected chi connectivity index (χ0v) is 16.3. The van der Waals surface area contributed by atoms with Crippen LogP contribution in [0.1, 0.15) is 38.0 Å². The first kappa shape index (κ1) is 19.7. The summed E-state index contributed by atoms with van der Waals surface area (Å²) in [6.07, 6.45) is -1.50. The van der Waals surface area contributed by atoms with Gasteiger partial charge in [-0.1, -0.05) is 6.07 Å². The molecule has 1 aliphatic carbocycles. The number of carbonyl (C=O) groups is 2. The van der Waals surface area contributed by atoms with E-state index in [1.807, 2.05) is 0 Å². The van der Waals surface area contributed by atoms with Crippen LogP contribution in [0.5, 0.6) is 5.75 Å². The van der Waals surface area contributed by atoms with Crippen molar-refractivity contribution in [1.29, 1.82) is 5.26 Å². The molecule has 148 valence electrons. The monoisotopic (exact) mass is 386 g/mol. The highest BCUT2D eigenvalue weighted by Crippen LogP contribution is 2.68. The van der Waals surface area contributed by atoms with Crippen LogP contribution in [0.4, 0.5) is 0 Å². The second kappa shape index (κ2) is 5.97. The largest absolute Gasteiger partial charge is 0.497 e. The van der Waals surface area contributed by atoms with Gasteiger partial charge in [-0.15, -0.1) is 0 Å². The lowest BCUT2D eigenvalue weighted by molar-refractivity contribution is -0.174. The van der Waals surface area contributed by atoms with Gasteiger partial charge in [-0.3, -0.25) is 4.79 Å². The number of nitrogens with one attached hydrogen (secondary N) is 1. The molecule has 0 amide bonds. The van der Waals surface area contributed by atoms with Gasteiger partial charge < -0.3 is 25.0 Å². The van der Waals surface area contributed by atoms with Crippen LogP contribution in [-0.4, -0.2) is 41.9 Å². The number of hydrogen-bond donors (Lipinski definition) is 3. The van der Waals surface area contributed by atoms with Crippen LogP contribution >= 0.6 is 0 Å². The first-order valence-corrected chi connectivity index (χ1v) is 8.65. The number of carbonyl (C=O) groups excluding carboxylic acids is 1. The molecule has 4 atom stereocenters. The van der Waals surface area contributed by atoms with E-state index in [0.717, 1.165) is 7.11 Å². The van der Waals surface area contributed by atoms with Crippen LogP contribution in [0.15, 0.2) is 29.5 Å². The summed E-state index contributed by atoms with van der Waals surface area (Å²) in [6, 6.07) is 6.90. The summed E-state index contributed by atoms with van der Waals surface area (Å²) < 4.78 is 10.3. The van der Waals surface area contributed by atoms with Crippen LogP contribution in [0.2, 0.25) is 0 Å². The Morgan fingerprint density at radius 1 is 1.29 bits per heavy atom. The SMILES string of the molecule is COC(=O)[C@@]12[C@H](O)c3cc(OC)ccc3C1(C)C(C(=O)O)=C(C)N[C@]2(C)C#N. The van der Waals surface area contributed by atoms with Gasteiger partial charge in [-0.2, -0.15) is 5.26 Å². The van der Waals surface area contributed by atoms with Crippen molar-refractivity contribution in [1.82, 2.24) is 5.32 Å². The van der Waals surface area contributed by atoms with Crippen LogP contribution in [0.25, 0.3) is 0 Å². The molecule has 28 heavy (non-hydrogen) atoms. The number of hydrogen-bond acceptors (Lipinski definition) is 7. The standard InChI is InChI=1S/C20H22N2O6/c1-10-14(16(24)25)19(3)13-7-6-11(27-4)8-12(13)15(23)20(19,17(26)28-5)18(2,9-21)22-10/h6-8,15,22-23H,1-5H3,(H,24,25)/t15-,18-,19?,20-/m1/s1. The molecule has 0 fully saturated rings. The van der Waals surface area contributed by atoms with E-state index in [1.165, 1.54) is 14.0 Å². The molecule has 1 unspecified atom stereocenters. The number of nitrogens with zero attached hydrogens (tertiary/aromatic N) is 1. The van der Waals surface area contributed by atoms with E-state index in [9.17, 15) is 25.1 Å². The molecule has 8 nitrogen and oxygen atoms in total. The second-order valence-electron chi connectivity index (χ2n) is 7.45. The Bertz CT molecular complexity index is 964. The van der Waals surface area contributed by atoms with Crippen molar-refractivity contribution in [2.24, 2.45) is 5.41 Å². The van der Waals surface area contributed by atoms with Gasteiger partial charge in [-0.05, 0) is 44.0 Å². The van der Waals surface area contributed by atoms with E-state index in [0.29, 0.717) is 16.9 Å². The molecular weight excluding hydrogens is 364 g/mol. The molecule has 3 N–H and O–H groups in total. The highest BCUT2D eigenvalue weighted by molar-refractivity contribution is 5.97. The summed E-state index contributed by atoms with van der Waals surface area (Å²) in [7, 11) is 2.61. The van der Waals surface area contributed by atoms with Crippen LogP contribution in [0.3, 0.4) is 0 Å². The highest BCUT2D eigenvalue weighted by atomic mass is 16.5. The number of rotatable bonds is 3. The Morgan fingerprint density at radius 2 is 1.93 bits per heavy atom. The number of aliphatic carboxylic acids is 1. The molecule has 0 saturated carbocycles. The quantitative estimate of drug-likeness (QED) is 0.665. The molecule has 1 heterocycles. The molecule has 1 aromatic rings. The fourth-order valence-electron chi connectivity index (χ4n) is 5.26. The maximum Gasteiger partial charge on any atom is 0.334 e. The number of nitriles is 1. The van der Waals surface area contributed by atoms with Gasteiger partial charge in [-0.25, -0.2) is 4.79 Å². The minimum absolute atomic E-state index is 0.103. The molecule has 0 saturated heterocycles. The number of ether oxygens (including phenoxy) is 2. The number of aliphatic hydroxyl groups is 1. The van der Waals surface area contributed by atoms with Gasteiger partial charge in [0.1, 0.15) is 22.8 Å². The number of allylic oxidation sites excluding steroid dienone is 1. The first-order valence-electron chi connectivity index (χ1n) is 8.65. The maximum atomic E-state index is 13.2. The average molecular weight is 386 g/mol.